The Balaban J connectivity index is 2.06. The van der Waals surface area contributed by atoms with Crippen LogP contribution >= 0.6 is 6.98 Å². The van der Waals surface area contributed by atoms with Gasteiger partial charge < -0.3 is 0 Å². The first-order valence-corrected chi connectivity index (χ1v) is 9.17. The third-order valence-electron chi connectivity index (χ3n) is 4.11. The molecule has 0 saturated carbocycles. The van der Waals surface area contributed by atoms with Crippen LogP contribution in [-0.2, 0) is 4.62 Å². The molecule has 0 bridgehead atoms. The van der Waals surface area contributed by atoms with E-state index in [9.17, 15) is 0 Å². The molecule has 0 amide bonds. The van der Waals surface area contributed by atoms with E-state index in [0.29, 0.717) is 0 Å². The Hall–Kier alpha value is -1.99. The SMILES string of the molecule is c1ccc(P2(c3ccccc3)(c3ccccc3)NO2)cc1. The first kappa shape index (κ1) is 12.7. The molecule has 3 heteroatoms. The maximum absolute atomic E-state index is 6.12. The molecule has 104 valence electrons. The van der Waals surface area contributed by atoms with E-state index in [2.05, 4.69) is 78.0 Å². The average Bonchev–Trinajstić information content (AvgIpc) is 3.36. The van der Waals surface area contributed by atoms with E-state index in [4.69, 9.17) is 4.62 Å². The molecule has 3 aromatic rings. The van der Waals surface area contributed by atoms with Crippen molar-refractivity contribution in [1.82, 2.24) is 5.25 Å². The van der Waals surface area contributed by atoms with Gasteiger partial charge in [-0.15, -0.1) is 0 Å². The van der Waals surface area contributed by atoms with E-state index < -0.39 is 6.98 Å². The molecule has 0 unspecified atom stereocenters. The number of benzene rings is 3. The molecule has 1 aliphatic heterocycles. The van der Waals surface area contributed by atoms with Gasteiger partial charge in [0.15, 0.2) is 0 Å². The molecule has 1 heterocycles. The third kappa shape index (κ3) is 1.64. The fourth-order valence-electron chi connectivity index (χ4n) is 2.96. The monoisotopic (exact) mass is 293 g/mol. The van der Waals surface area contributed by atoms with Crippen LogP contribution in [0.15, 0.2) is 91.0 Å². The Morgan fingerprint density at radius 2 is 0.810 bits per heavy atom. The summed E-state index contributed by atoms with van der Waals surface area (Å²) in [6.07, 6.45) is 0. The van der Waals surface area contributed by atoms with Gasteiger partial charge in [-0.3, -0.25) is 0 Å². The quantitative estimate of drug-likeness (QED) is 0.595. The number of hydrogen-bond acceptors (Lipinski definition) is 2. The molecule has 1 N–H and O–H groups in total. The topological polar surface area (TPSA) is 34.5 Å². The van der Waals surface area contributed by atoms with Gasteiger partial charge in [-0.25, -0.2) is 0 Å². The van der Waals surface area contributed by atoms with Crippen LogP contribution < -0.4 is 21.2 Å². The molecule has 0 spiro atoms. The summed E-state index contributed by atoms with van der Waals surface area (Å²) in [5.41, 5.74) is 0. The molecule has 4 rings (SSSR count). The number of rotatable bonds is 3. The van der Waals surface area contributed by atoms with Crippen molar-refractivity contribution in [2.75, 3.05) is 0 Å². The van der Waals surface area contributed by atoms with Gasteiger partial charge in [0.2, 0.25) is 0 Å². The minimum atomic E-state index is -2.87. The molecule has 0 aliphatic carbocycles. The zero-order chi connectivity index (χ0) is 14.2. The normalized spacial score (nSPS) is 20.1. The Morgan fingerprint density at radius 3 is 1.05 bits per heavy atom. The summed E-state index contributed by atoms with van der Waals surface area (Å²) in [5, 5.41) is 6.97. The standard InChI is InChI=1S/C18H16NOP/c1-4-10-16(11-5-1)21(19-20-21,17-12-6-2-7-13-17)18-14-8-3-9-15-18/h1-15,19H. The molecular formula is C18H16NOP. The van der Waals surface area contributed by atoms with Crippen LogP contribution in [-0.4, -0.2) is 0 Å². The van der Waals surface area contributed by atoms with Gasteiger partial charge in [0.05, 0.1) is 0 Å². The molecule has 3 aromatic carbocycles. The van der Waals surface area contributed by atoms with E-state index in [-0.39, 0.29) is 0 Å². The van der Waals surface area contributed by atoms with E-state index in [1.165, 1.54) is 15.9 Å². The van der Waals surface area contributed by atoms with E-state index in [1.807, 2.05) is 18.2 Å². The average molecular weight is 293 g/mol. The Kier molecular flexibility index (Phi) is 2.73. The van der Waals surface area contributed by atoms with Crippen molar-refractivity contribution < 1.29 is 4.62 Å². The second kappa shape index (κ2) is 4.51. The summed E-state index contributed by atoms with van der Waals surface area (Å²) in [5.74, 6) is 0. The zero-order valence-corrected chi connectivity index (χ0v) is 12.4. The Bertz CT molecular complexity index is 652. The first-order chi connectivity index (χ1) is 10.4. The van der Waals surface area contributed by atoms with Crippen LogP contribution in [0.25, 0.3) is 0 Å². The fourth-order valence-corrected chi connectivity index (χ4v) is 7.20. The van der Waals surface area contributed by atoms with Crippen LogP contribution in [0.2, 0.25) is 0 Å². The summed E-state index contributed by atoms with van der Waals surface area (Å²) < 4.78 is 6.12. The van der Waals surface area contributed by atoms with Gasteiger partial charge in [0.25, 0.3) is 0 Å². The Labute approximate surface area is 124 Å². The first-order valence-electron chi connectivity index (χ1n) is 7.01. The summed E-state index contributed by atoms with van der Waals surface area (Å²) in [4.78, 5) is 0. The predicted molar refractivity (Wildman–Crippen MR) is 89.4 cm³/mol. The summed E-state index contributed by atoms with van der Waals surface area (Å²) >= 11 is 0. The van der Waals surface area contributed by atoms with Gasteiger partial charge >= 0.3 is 124 Å². The number of nitrogens with one attached hydrogen (secondary N) is 1. The van der Waals surface area contributed by atoms with E-state index in [0.717, 1.165) is 0 Å². The molecule has 2 nitrogen and oxygen atoms in total. The van der Waals surface area contributed by atoms with Crippen LogP contribution in [0.5, 0.6) is 0 Å². The van der Waals surface area contributed by atoms with Crippen molar-refractivity contribution in [2.45, 2.75) is 0 Å². The molecule has 1 fully saturated rings. The van der Waals surface area contributed by atoms with E-state index in [1.54, 1.807) is 0 Å². The second-order valence-electron chi connectivity index (χ2n) is 5.23. The second-order valence-corrected chi connectivity index (χ2v) is 9.21. The summed E-state index contributed by atoms with van der Waals surface area (Å²) in [6, 6.07) is 31.4. The van der Waals surface area contributed by atoms with Crippen molar-refractivity contribution in [1.29, 1.82) is 0 Å². The van der Waals surface area contributed by atoms with Crippen molar-refractivity contribution in [3.63, 3.8) is 0 Å². The van der Waals surface area contributed by atoms with Crippen molar-refractivity contribution >= 4 is 22.9 Å². The van der Waals surface area contributed by atoms with Crippen molar-refractivity contribution in [3.05, 3.63) is 91.0 Å². The van der Waals surface area contributed by atoms with Gasteiger partial charge in [-0.2, -0.15) is 0 Å². The van der Waals surface area contributed by atoms with Gasteiger partial charge in [0, 0.05) is 0 Å². The van der Waals surface area contributed by atoms with E-state index >= 15 is 0 Å². The molecule has 1 saturated heterocycles. The Morgan fingerprint density at radius 1 is 0.524 bits per heavy atom. The predicted octanol–water partition coefficient (Wildman–Crippen LogP) is 2.88. The summed E-state index contributed by atoms with van der Waals surface area (Å²) in [7, 11) is 0. The van der Waals surface area contributed by atoms with Crippen molar-refractivity contribution in [2.24, 2.45) is 0 Å². The van der Waals surface area contributed by atoms with Gasteiger partial charge in [0.1, 0.15) is 0 Å². The molecule has 0 radical (unpaired) electrons. The fraction of sp³-hybridized carbons (Fsp3) is 0. The maximum atomic E-state index is 6.12. The molecule has 0 aromatic heterocycles. The van der Waals surface area contributed by atoms with Crippen LogP contribution in [0.4, 0.5) is 0 Å². The number of hydrogen-bond donors (Lipinski definition) is 1. The van der Waals surface area contributed by atoms with Crippen LogP contribution in [0, 0.1) is 0 Å². The molecular weight excluding hydrogens is 277 g/mol. The van der Waals surface area contributed by atoms with Gasteiger partial charge in [-0.1, -0.05) is 0 Å². The molecule has 21 heavy (non-hydrogen) atoms. The van der Waals surface area contributed by atoms with Gasteiger partial charge in [-0.05, 0) is 0 Å². The summed E-state index contributed by atoms with van der Waals surface area (Å²) in [6.45, 7) is -2.87. The molecule has 0 atom stereocenters. The third-order valence-corrected chi connectivity index (χ3v) is 8.69. The van der Waals surface area contributed by atoms with Crippen molar-refractivity contribution in [3.8, 4) is 0 Å². The zero-order valence-electron chi connectivity index (χ0n) is 11.5. The van der Waals surface area contributed by atoms with Crippen LogP contribution in [0.1, 0.15) is 0 Å². The molecule has 1 aliphatic rings. The minimum absolute atomic E-state index is 1.21. The van der Waals surface area contributed by atoms with Crippen LogP contribution in [0.3, 0.4) is 0 Å².